The zero-order valence-corrected chi connectivity index (χ0v) is 15.7. The molecule has 1 amide bonds. The highest BCUT2D eigenvalue weighted by Crippen LogP contribution is 2.40. The molecule has 1 heterocycles. The standard InChI is InChI=1S/C16H10Br2ClNO3/c1-20(9-4-2-8(19)3-5-9)16(22)13-6-10-12(23-13)7-11(17)15(21)14(10)18/h2-7,21H,1H3. The molecule has 4 nitrogen and oxygen atoms in total. The van der Waals surface area contributed by atoms with E-state index in [0.29, 0.717) is 30.6 Å². The summed E-state index contributed by atoms with van der Waals surface area (Å²) >= 11 is 12.4. The number of halogens is 3. The van der Waals surface area contributed by atoms with E-state index in [2.05, 4.69) is 31.9 Å². The normalized spacial score (nSPS) is 11.0. The average Bonchev–Trinajstić information content (AvgIpc) is 2.96. The van der Waals surface area contributed by atoms with E-state index >= 15 is 0 Å². The zero-order valence-electron chi connectivity index (χ0n) is 11.8. The Kier molecular flexibility index (Phi) is 4.40. The van der Waals surface area contributed by atoms with E-state index in [0.717, 1.165) is 0 Å². The molecule has 118 valence electrons. The lowest BCUT2D eigenvalue weighted by atomic mass is 10.2. The Morgan fingerprint density at radius 2 is 1.87 bits per heavy atom. The van der Waals surface area contributed by atoms with Gasteiger partial charge >= 0.3 is 0 Å². The summed E-state index contributed by atoms with van der Waals surface area (Å²) in [6.07, 6.45) is 0. The maximum atomic E-state index is 12.6. The van der Waals surface area contributed by atoms with E-state index in [9.17, 15) is 9.90 Å². The fourth-order valence-corrected chi connectivity index (χ4v) is 3.47. The maximum Gasteiger partial charge on any atom is 0.293 e. The van der Waals surface area contributed by atoms with Gasteiger partial charge in [0.05, 0.1) is 8.95 Å². The summed E-state index contributed by atoms with van der Waals surface area (Å²) in [6, 6.07) is 10.1. The lowest BCUT2D eigenvalue weighted by Gasteiger charge is -2.15. The van der Waals surface area contributed by atoms with Crippen molar-refractivity contribution in [1.29, 1.82) is 0 Å². The lowest BCUT2D eigenvalue weighted by molar-refractivity contribution is 0.0968. The Morgan fingerprint density at radius 3 is 2.52 bits per heavy atom. The minimum atomic E-state index is -0.300. The summed E-state index contributed by atoms with van der Waals surface area (Å²) in [7, 11) is 1.65. The molecular weight excluding hydrogens is 449 g/mol. The van der Waals surface area contributed by atoms with Gasteiger partial charge in [-0.15, -0.1) is 0 Å². The van der Waals surface area contributed by atoms with Gasteiger partial charge in [0, 0.05) is 23.1 Å². The number of carbonyl (C=O) groups is 1. The van der Waals surface area contributed by atoms with Crippen molar-refractivity contribution >= 4 is 66.0 Å². The largest absolute Gasteiger partial charge is 0.506 e. The van der Waals surface area contributed by atoms with Crippen LogP contribution in [0.5, 0.6) is 5.75 Å². The molecule has 3 aromatic rings. The summed E-state index contributed by atoms with van der Waals surface area (Å²) in [4.78, 5) is 14.1. The van der Waals surface area contributed by atoms with E-state index in [1.165, 1.54) is 4.90 Å². The maximum absolute atomic E-state index is 12.6. The topological polar surface area (TPSA) is 53.7 Å². The van der Waals surface area contributed by atoms with Gasteiger partial charge in [-0.05, 0) is 68.3 Å². The molecule has 0 aliphatic carbocycles. The summed E-state index contributed by atoms with van der Waals surface area (Å²) in [5, 5.41) is 11.1. The van der Waals surface area contributed by atoms with Crippen LogP contribution in [0, 0.1) is 0 Å². The Bertz CT molecular complexity index is 906. The van der Waals surface area contributed by atoms with Crippen LogP contribution in [0.4, 0.5) is 5.69 Å². The van der Waals surface area contributed by atoms with Gasteiger partial charge in [-0.25, -0.2) is 0 Å². The molecule has 0 unspecified atom stereocenters. The molecule has 2 aromatic carbocycles. The molecule has 0 fully saturated rings. The van der Waals surface area contributed by atoms with E-state index in [1.807, 2.05) is 0 Å². The van der Waals surface area contributed by atoms with Crippen molar-refractivity contribution in [3.8, 4) is 5.75 Å². The summed E-state index contributed by atoms with van der Waals surface area (Å²) < 4.78 is 6.58. The molecule has 1 N–H and O–H groups in total. The van der Waals surface area contributed by atoms with Crippen molar-refractivity contribution in [3.05, 3.63) is 56.1 Å². The van der Waals surface area contributed by atoms with Crippen molar-refractivity contribution < 1.29 is 14.3 Å². The fourth-order valence-electron chi connectivity index (χ4n) is 2.15. The number of nitrogens with zero attached hydrogens (tertiary/aromatic N) is 1. The van der Waals surface area contributed by atoms with E-state index < -0.39 is 0 Å². The molecule has 1 aromatic heterocycles. The van der Waals surface area contributed by atoms with Gasteiger partial charge in [-0.2, -0.15) is 0 Å². The number of rotatable bonds is 2. The van der Waals surface area contributed by atoms with Gasteiger partial charge in [-0.1, -0.05) is 11.6 Å². The number of amides is 1. The number of phenols is 1. The van der Waals surface area contributed by atoms with Crippen molar-refractivity contribution in [2.75, 3.05) is 11.9 Å². The number of aromatic hydroxyl groups is 1. The molecule has 23 heavy (non-hydrogen) atoms. The Hall–Kier alpha value is -1.50. The number of furan rings is 1. The third kappa shape index (κ3) is 2.98. The average molecular weight is 460 g/mol. The van der Waals surface area contributed by atoms with Crippen molar-refractivity contribution in [2.45, 2.75) is 0 Å². The van der Waals surface area contributed by atoms with Crippen LogP contribution in [0.25, 0.3) is 11.0 Å². The summed E-state index contributed by atoms with van der Waals surface area (Å²) in [5.74, 6) is -0.0648. The monoisotopic (exact) mass is 457 g/mol. The fraction of sp³-hybridized carbons (Fsp3) is 0.0625. The van der Waals surface area contributed by atoms with Crippen LogP contribution >= 0.6 is 43.5 Å². The first-order chi connectivity index (χ1) is 10.9. The third-order valence-corrected chi connectivity index (χ3v) is 5.08. The lowest BCUT2D eigenvalue weighted by Crippen LogP contribution is -2.25. The van der Waals surface area contributed by atoms with Crippen LogP contribution in [0.1, 0.15) is 10.6 Å². The molecular formula is C16H10Br2ClNO3. The second-order valence-corrected chi connectivity index (χ2v) is 6.97. The summed E-state index contributed by atoms with van der Waals surface area (Å²) in [6.45, 7) is 0. The molecule has 0 saturated carbocycles. The Morgan fingerprint density at radius 1 is 1.22 bits per heavy atom. The van der Waals surface area contributed by atoms with E-state index in [-0.39, 0.29) is 17.4 Å². The van der Waals surface area contributed by atoms with Crippen molar-refractivity contribution in [3.63, 3.8) is 0 Å². The highest BCUT2D eigenvalue weighted by Gasteiger charge is 2.21. The van der Waals surface area contributed by atoms with Crippen LogP contribution in [-0.2, 0) is 0 Å². The quantitative estimate of drug-likeness (QED) is 0.543. The van der Waals surface area contributed by atoms with Crippen LogP contribution in [0.2, 0.25) is 5.02 Å². The van der Waals surface area contributed by atoms with E-state index in [1.54, 1.807) is 43.4 Å². The zero-order chi connectivity index (χ0) is 16.7. The van der Waals surface area contributed by atoms with Crippen molar-refractivity contribution in [1.82, 2.24) is 0 Å². The molecule has 0 bridgehead atoms. The van der Waals surface area contributed by atoms with Crippen LogP contribution in [0.3, 0.4) is 0 Å². The number of benzene rings is 2. The molecule has 7 heteroatoms. The van der Waals surface area contributed by atoms with Gasteiger partial charge in [0.15, 0.2) is 5.76 Å². The first-order valence-electron chi connectivity index (χ1n) is 6.52. The number of hydrogen-bond donors (Lipinski definition) is 1. The van der Waals surface area contributed by atoms with Crippen LogP contribution in [0.15, 0.2) is 49.8 Å². The minimum Gasteiger partial charge on any atom is -0.506 e. The number of fused-ring (bicyclic) bond motifs is 1. The number of phenolic OH excluding ortho intramolecular Hbond substituents is 1. The number of hydrogen-bond acceptors (Lipinski definition) is 3. The van der Waals surface area contributed by atoms with Crippen molar-refractivity contribution in [2.24, 2.45) is 0 Å². The third-order valence-electron chi connectivity index (χ3n) is 3.42. The first kappa shape index (κ1) is 16.4. The number of anilines is 1. The van der Waals surface area contributed by atoms with Gasteiger partial charge in [0.1, 0.15) is 11.3 Å². The predicted molar refractivity (Wildman–Crippen MR) is 97.5 cm³/mol. The molecule has 0 spiro atoms. The van der Waals surface area contributed by atoms with E-state index in [4.69, 9.17) is 16.0 Å². The minimum absolute atomic E-state index is 0.0587. The van der Waals surface area contributed by atoms with Gasteiger partial charge in [-0.3, -0.25) is 4.79 Å². The Balaban J connectivity index is 2.01. The van der Waals surface area contributed by atoms with Crippen LogP contribution < -0.4 is 4.90 Å². The second-order valence-electron chi connectivity index (χ2n) is 4.88. The summed E-state index contributed by atoms with van der Waals surface area (Å²) in [5.41, 5.74) is 1.19. The smallest absolute Gasteiger partial charge is 0.293 e. The molecule has 0 saturated heterocycles. The second kappa shape index (κ2) is 6.19. The molecule has 0 aliphatic heterocycles. The van der Waals surface area contributed by atoms with Gasteiger partial charge < -0.3 is 14.4 Å². The molecule has 3 rings (SSSR count). The number of carbonyl (C=O) groups excluding carboxylic acids is 1. The van der Waals surface area contributed by atoms with Gasteiger partial charge in [0.2, 0.25) is 0 Å². The molecule has 0 radical (unpaired) electrons. The first-order valence-corrected chi connectivity index (χ1v) is 8.49. The molecule has 0 aliphatic rings. The highest BCUT2D eigenvalue weighted by atomic mass is 79.9. The SMILES string of the molecule is CN(C(=O)c1cc2c(Br)c(O)c(Br)cc2o1)c1ccc(Cl)cc1. The highest BCUT2D eigenvalue weighted by molar-refractivity contribution is 9.11. The predicted octanol–water partition coefficient (Wildman–Crippen LogP) is 5.59. The molecule has 0 atom stereocenters. The van der Waals surface area contributed by atoms with Gasteiger partial charge in [0.25, 0.3) is 5.91 Å². The van der Waals surface area contributed by atoms with Crippen LogP contribution in [-0.4, -0.2) is 18.1 Å². The Labute approximate surface area is 153 Å².